The van der Waals surface area contributed by atoms with Gasteiger partial charge in [0.1, 0.15) is 17.2 Å². The van der Waals surface area contributed by atoms with Crippen LogP contribution in [0.1, 0.15) is 15.9 Å². The molecule has 9 heteroatoms. The second kappa shape index (κ2) is 7.51. The van der Waals surface area contributed by atoms with Crippen molar-refractivity contribution in [3.05, 3.63) is 59.6 Å². The number of benzene rings is 1. The summed E-state index contributed by atoms with van der Waals surface area (Å²) in [6, 6.07) is 3.39. The molecule has 7 nitrogen and oxygen atoms in total. The second-order valence-electron chi connectivity index (χ2n) is 6.70. The van der Waals surface area contributed by atoms with Crippen LogP contribution in [-0.4, -0.2) is 58.1 Å². The Morgan fingerprint density at radius 1 is 1.14 bits per heavy atom. The Morgan fingerprint density at radius 2 is 1.93 bits per heavy atom. The molecule has 2 aromatic heterocycles. The number of anilines is 1. The summed E-state index contributed by atoms with van der Waals surface area (Å²) in [6.07, 6.45) is 5.71. The highest BCUT2D eigenvalue weighted by atomic mass is 19.1. The maximum absolute atomic E-state index is 14.0. The van der Waals surface area contributed by atoms with E-state index in [4.69, 9.17) is 5.73 Å². The third-order valence-corrected chi connectivity index (χ3v) is 4.89. The van der Waals surface area contributed by atoms with Crippen LogP contribution in [0.3, 0.4) is 0 Å². The number of amides is 1. The summed E-state index contributed by atoms with van der Waals surface area (Å²) in [4.78, 5) is 20.7. The van der Waals surface area contributed by atoms with E-state index in [-0.39, 0.29) is 11.6 Å². The molecule has 4 rings (SSSR count). The Balaban J connectivity index is 1.48. The maximum Gasteiger partial charge on any atom is 0.259 e. The molecule has 0 saturated carbocycles. The van der Waals surface area contributed by atoms with Gasteiger partial charge >= 0.3 is 0 Å². The molecular weight excluding hydrogens is 366 g/mol. The van der Waals surface area contributed by atoms with Crippen molar-refractivity contribution in [2.24, 2.45) is 5.73 Å². The first-order valence-corrected chi connectivity index (χ1v) is 9.08. The van der Waals surface area contributed by atoms with Crippen molar-refractivity contribution in [2.45, 2.75) is 6.42 Å². The molecule has 28 heavy (non-hydrogen) atoms. The van der Waals surface area contributed by atoms with Crippen molar-refractivity contribution in [3.8, 4) is 0 Å². The summed E-state index contributed by atoms with van der Waals surface area (Å²) >= 11 is 0. The normalized spacial score (nSPS) is 14.7. The van der Waals surface area contributed by atoms with Crippen LogP contribution < -0.4 is 10.6 Å². The van der Waals surface area contributed by atoms with Crippen LogP contribution in [0.2, 0.25) is 0 Å². The van der Waals surface area contributed by atoms with E-state index >= 15 is 0 Å². The first-order chi connectivity index (χ1) is 13.6. The van der Waals surface area contributed by atoms with Gasteiger partial charge in [0.25, 0.3) is 5.91 Å². The number of nitrogens with zero attached hydrogens (tertiary/aromatic N) is 5. The minimum absolute atomic E-state index is 0.173. The highest BCUT2D eigenvalue weighted by Crippen LogP contribution is 2.22. The van der Waals surface area contributed by atoms with E-state index in [2.05, 4.69) is 10.1 Å². The molecule has 1 amide bonds. The first-order valence-electron chi connectivity index (χ1n) is 9.08. The number of halogens is 2. The lowest BCUT2D eigenvalue weighted by Crippen LogP contribution is -2.49. The molecule has 1 fully saturated rings. The standard InChI is InChI=1S/C19H20F2N6O/c20-14-1-2-16(21)17(9-14)25-5-7-26(8-6-25)19(28)15-11-24-27-12-13(3-4-22)10-23-18(15)27/h1-2,9-12H,3-8,22H2. The molecule has 0 bridgehead atoms. The lowest BCUT2D eigenvalue weighted by atomic mass is 10.2. The zero-order valence-corrected chi connectivity index (χ0v) is 15.2. The zero-order chi connectivity index (χ0) is 19.7. The number of hydrogen-bond donors (Lipinski definition) is 1. The predicted molar refractivity (Wildman–Crippen MR) is 100 cm³/mol. The first kappa shape index (κ1) is 18.3. The Hall–Kier alpha value is -3.07. The molecule has 0 atom stereocenters. The zero-order valence-electron chi connectivity index (χ0n) is 15.2. The second-order valence-corrected chi connectivity index (χ2v) is 6.70. The number of nitrogens with two attached hydrogens (primary N) is 1. The lowest BCUT2D eigenvalue weighted by molar-refractivity contribution is 0.0748. The van der Waals surface area contributed by atoms with Crippen LogP contribution in [-0.2, 0) is 6.42 Å². The molecule has 3 heterocycles. The number of hydrogen-bond acceptors (Lipinski definition) is 5. The molecule has 0 aliphatic carbocycles. The Morgan fingerprint density at radius 3 is 2.68 bits per heavy atom. The summed E-state index contributed by atoms with van der Waals surface area (Å²) in [7, 11) is 0. The van der Waals surface area contributed by atoms with Gasteiger partial charge in [-0.1, -0.05) is 0 Å². The van der Waals surface area contributed by atoms with E-state index in [0.29, 0.717) is 50.4 Å². The van der Waals surface area contributed by atoms with E-state index < -0.39 is 11.6 Å². The third kappa shape index (κ3) is 3.40. The lowest BCUT2D eigenvalue weighted by Gasteiger charge is -2.36. The van der Waals surface area contributed by atoms with Gasteiger partial charge in [0.15, 0.2) is 5.65 Å². The molecule has 3 aromatic rings. The molecular formula is C19H20F2N6O. The quantitative estimate of drug-likeness (QED) is 0.735. The number of carbonyl (C=O) groups excluding carboxylic acids is 1. The van der Waals surface area contributed by atoms with Crippen LogP contribution >= 0.6 is 0 Å². The molecule has 0 unspecified atom stereocenters. The van der Waals surface area contributed by atoms with E-state index in [1.54, 1.807) is 20.5 Å². The molecule has 2 N–H and O–H groups in total. The summed E-state index contributed by atoms with van der Waals surface area (Å²) < 4.78 is 29.0. The molecule has 1 aromatic carbocycles. The van der Waals surface area contributed by atoms with Crippen LogP contribution in [0.25, 0.3) is 5.65 Å². The van der Waals surface area contributed by atoms with Gasteiger partial charge in [-0.25, -0.2) is 18.3 Å². The fourth-order valence-corrected chi connectivity index (χ4v) is 3.41. The smallest absolute Gasteiger partial charge is 0.259 e. The minimum atomic E-state index is -0.485. The van der Waals surface area contributed by atoms with Gasteiger partial charge in [0.05, 0.1) is 11.9 Å². The van der Waals surface area contributed by atoms with Gasteiger partial charge in [-0.2, -0.15) is 5.10 Å². The van der Waals surface area contributed by atoms with Crippen molar-refractivity contribution >= 4 is 17.2 Å². The average molecular weight is 386 g/mol. The SMILES string of the molecule is NCCc1cnc2c(C(=O)N3CCN(c4cc(F)ccc4F)CC3)cnn2c1. The summed E-state index contributed by atoms with van der Waals surface area (Å²) in [5.74, 6) is -1.13. The Kier molecular flexibility index (Phi) is 4.91. The molecule has 0 radical (unpaired) electrons. The van der Waals surface area contributed by atoms with E-state index in [1.165, 1.54) is 12.3 Å². The molecule has 146 valence electrons. The Labute approximate surface area is 160 Å². The number of carbonyl (C=O) groups is 1. The maximum atomic E-state index is 14.0. The highest BCUT2D eigenvalue weighted by molar-refractivity contribution is 5.99. The number of rotatable bonds is 4. The molecule has 1 aliphatic heterocycles. The van der Waals surface area contributed by atoms with Gasteiger partial charge in [0, 0.05) is 44.6 Å². The van der Waals surface area contributed by atoms with E-state index in [9.17, 15) is 13.6 Å². The molecule has 0 spiro atoms. The van der Waals surface area contributed by atoms with Crippen LogP contribution in [0.15, 0.2) is 36.8 Å². The highest BCUT2D eigenvalue weighted by Gasteiger charge is 2.26. The van der Waals surface area contributed by atoms with Crippen molar-refractivity contribution in [1.82, 2.24) is 19.5 Å². The average Bonchev–Trinajstić information content (AvgIpc) is 3.13. The summed E-state index contributed by atoms with van der Waals surface area (Å²) in [5.41, 5.74) is 7.64. The van der Waals surface area contributed by atoms with E-state index in [0.717, 1.165) is 17.7 Å². The summed E-state index contributed by atoms with van der Waals surface area (Å²) in [5, 5.41) is 4.23. The summed E-state index contributed by atoms with van der Waals surface area (Å²) in [6.45, 7) is 2.14. The van der Waals surface area contributed by atoms with Crippen molar-refractivity contribution in [3.63, 3.8) is 0 Å². The van der Waals surface area contributed by atoms with Gasteiger partial charge < -0.3 is 15.5 Å². The van der Waals surface area contributed by atoms with Gasteiger partial charge in [0.2, 0.25) is 0 Å². The fourth-order valence-electron chi connectivity index (χ4n) is 3.41. The van der Waals surface area contributed by atoms with Crippen molar-refractivity contribution in [2.75, 3.05) is 37.6 Å². The van der Waals surface area contributed by atoms with Crippen molar-refractivity contribution in [1.29, 1.82) is 0 Å². The number of fused-ring (bicyclic) bond motifs is 1. The topological polar surface area (TPSA) is 79.8 Å². The Bertz CT molecular complexity index is 1010. The van der Waals surface area contributed by atoms with Crippen LogP contribution in [0, 0.1) is 11.6 Å². The van der Waals surface area contributed by atoms with Crippen LogP contribution in [0.4, 0.5) is 14.5 Å². The fraction of sp³-hybridized carbons (Fsp3) is 0.316. The molecule has 1 saturated heterocycles. The molecule has 1 aliphatic rings. The largest absolute Gasteiger partial charge is 0.366 e. The minimum Gasteiger partial charge on any atom is -0.366 e. The third-order valence-electron chi connectivity index (χ3n) is 4.89. The van der Waals surface area contributed by atoms with Gasteiger partial charge in [-0.05, 0) is 30.7 Å². The van der Waals surface area contributed by atoms with Crippen LogP contribution in [0.5, 0.6) is 0 Å². The predicted octanol–water partition coefficient (Wildman–Crippen LogP) is 1.47. The van der Waals surface area contributed by atoms with E-state index in [1.807, 2.05) is 6.20 Å². The van der Waals surface area contributed by atoms with Crippen molar-refractivity contribution < 1.29 is 13.6 Å². The number of piperazine rings is 1. The monoisotopic (exact) mass is 386 g/mol. The number of aromatic nitrogens is 3. The van der Waals surface area contributed by atoms with Gasteiger partial charge in [-0.3, -0.25) is 4.79 Å². The van der Waals surface area contributed by atoms with Gasteiger partial charge in [-0.15, -0.1) is 0 Å².